The second kappa shape index (κ2) is 8.26. The summed E-state index contributed by atoms with van der Waals surface area (Å²) in [5.74, 6) is -2.94. The molecule has 0 fully saturated rings. The van der Waals surface area contributed by atoms with Crippen molar-refractivity contribution in [3.63, 3.8) is 0 Å². The minimum absolute atomic E-state index is 0.0427. The van der Waals surface area contributed by atoms with E-state index in [0.29, 0.717) is 10.7 Å². The number of halogens is 1. The number of hydrogen-bond acceptors (Lipinski definition) is 6. The summed E-state index contributed by atoms with van der Waals surface area (Å²) < 4.78 is 9.41. The molecule has 21 heavy (non-hydrogen) atoms. The minimum Gasteiger partial charge on any atom is -0.464 e. The van der Waals surface area contributed by atoms with Crippen LogP contribution in [0.5, 0.6) is 0 Å². The van der Waals surface area contributed by atoms with Crippen LogP contribution in [0.1, 0.15) is 13.8 Å². The van der Waals surface area contributed by atoms with Crippen molar-refractivity contribution >= 4 is 35.0 Å². The molecule has 0 radical (unpaired) electrons. The Morgan fingerprint density at radius 3 is 2.19 bits per heavy atom. The number of rotatable bonds is 7. The fourth-order valence-corrected chi connectivity index (χ4v) is 1.62. The third-order valence-corrected chi connectivity index (χ3v) is 2.67. The van der Waals surface area contributed by atoms with Crippen LogP contribution in [0.2, 0.25) is 5.02 Å². The topological polar surface area (TPSA) is 81.7 Å². The average molecular weight is 314 g/mol. The number of Topliss-reactive ketones (excluding diaryl/α,β-unsaturated/α-hetero) is 1. The molecule has 0 aliphatic heterocycles. The van der Waals surface area contributed by atoms with Gasteiger partial charge in [-0.1, -0.05) is 11.6 Å². The lowest BCUT2D eigenvalue weighted by molar-refractivity contribution is -0.158. The summed E-state index contributed by atoms with van der Waals surface area (Å²) in [5.41, 5.74) is 0.454. The quantitative estimate of drug-likeness (QED) is 0.470. The first-order valence-electron chi connectivity index (χ1n) is 6.39. The molecule has 1 aromatic carbocycles. The predicted molar refractivity (Wildman–Crippen MR) is 77.1 cm³/mol. The van der Waals surface area contributed by atoms with Gasteiger partial charge in [0.1, 0.15) is 0 Å². The highest BCUT2D eigenvalue weighted by Gasteiger charge is 2.34. The first kappa shape index (κ1) is 17.0. The predicted octanol–water partition coefficient (Wildman–Crippen LogP) is 1.82. The number of esters is 2. The van der Waals surface area contributed by atoms with Crippen LogP contribution in [-0.4, -0.2) is 37.0 Å². The molecule has 0 spiro atoms. The van der Waals surface area contributed by atoms with Crippen LogP contribution in [0.4, 0.5) is 5.69 Å². The maximum absolute atomic E-state index is 12.0. The molecule has 1 atom stereocenters. The third-order valence-electron chi connectivity index (χ3n) is 2.42. The Labute approximate surface area is 127 Å². The lowest BCUT2D eigenvalue weighted by Gasteiger charge is -2.16. The molecule has 114 valence electrons. The Hall–Kier alpha value is -2.08. The van der Waals surface area contributed by atoms with E-state index in [1.54, 1.807) is 38.1 Å². The van der Waals surface area contributed by atoms with E-state index in [2.05, 4.69) is 10.1 Å². The molecule has 0 saturated heterocycles. The van der Waals surface area contributed by atoms with Gasteiger partial charge in [0.25, 0.3) is 5.78 Å². The zero-order chi connectivity index (χ0) is 15.8. The molecule has 0 aromatic heterocycles. The van der Waals surface area contributed by atoms with E-state index in [4.69, 9.17) is 16.3 Å². The highest BCUT2D eigenvalue weighted by Crippen LogP contribution is 2.15. The van der Waals surface area contributed by atoms with Crippen molar-refractivity contribution in [3.05, 3.63) is 29.3 Å². The van der Waals surface area contributed by atoms with Gasteiger partial charge in [-0.05, 0) is 38.1 Å². The van der Waals surface area contributed by atoms with Gasteiger partial charge in [0.2, 0.25) is 0 Å². The van der Waals surface area contributed by atoms with Crippen LogP contribution in [0.3, 0.4) is 0 Å². The molecular weight excluding hydrogens is 298 g/mol. The van der Waals surface area contributed by atoms with Gasteiger partial charge in [0, 0.05) is 10.7 Å². The van der Waals surface area contributed by atoms with Crippen LogP contribution in [0.25, 0.3) is 0 Å². The Kier molecular flexibility index (Phi) is 6.68. The Morgan fingerprint density at radius 2 is 1.67 bits per heavy atom. The molecule has 0 amide bonds. The molecule has 6 nitrogen and oxygen atoms in total. The molecule has 0 aliphatic rings. The molecule has 7 heteroatoms. The van der Waals surface area contributed by atoms with Crippen LogP contribution in [0, 0.1) is 0 Å². The van der Waals surface area contributed by atoms with Crippen LogP contribution >= 0.6 is 11.6 Å². The maximum Gasteiger partial charge on any atom is 0.377 e. The van der Waals surface area contributed by atoms with Crippen molar-refractivity contribution in [2.24, 2.45) is 0 Å². The zero-order valence-electron chi connectivity index (χ0n) is 11.7. The van der Waals surface area contributed by atoms with Crippen molar-refractivity contribution in [1.82, 2.24) is 0 Å². The highest BCUT2D eigenvalue weighted by atomic mass is 35.5. The number of anilines is 1. The van der Waals surface area contributed by atoms with Gasteiger partial charge in [-0.2, -0.15) is 0 Å². The highest BCUT2D eigenvalue weighted by molar-refractivity contribution is 6.40. The summed E-state index contributed by atoms with van der Waals surface area (Å²) in [4.78, 5) is 35.3. The third kappa shape index (κ3) is 5.07. The fraction of sp³-hybridized carbons (Fsp3) is 0.357. The molecule has 0 saturated carbocycles. The smallest absolute Gasteiger partial charge is 0.377 e. The van der Waals surface area contributed by atoms with Gasteiger partial charge in [-0.3, -0.25) is 4.79 Å². The van der Waals surface area contributed by atoms with Gasteiger partial charge in [-0.25, -0.2) is 9.59 Å². The molecular formula is C14H16ClNO5. The summed E-state index contributed by atoms with van der Waals surface area (Å²) in [5, 5.41) is 3.15. The van der Waals surface area contributed by atoms with Crippen LogP contribution in [-0.2, 0) is 23.9 Å². The molecule has 0 aliphatic carbocycles. The normalized spacial score (nSPS) is 11.4. The maximum atomic E-state index is 12.0. The lowest BCUT2D eigenvalue weighted by Crippen LogP contribution is -2.43. The second-order valence-corrected chi connectivity index (χ2v) is 4.36. The zero-order valence-corrected chi connectivity index (χ0v) is 12.5. The fourth-order valence-electron chi connectivity index (χ4n) is 1.49. The first-order valence-corrected chi connectivity index (χ1v) is 6.77. The number of nitrogens with one attached hydrogen (secondary N) is 1. The van der Waals surface area contributed by atoms with E-state index >= 15 is 0 Å². The first-order chi connectivity index (χ1) is 9.99. The van der Waals surface area contributed by atoms with Gasteiger partial charge >= 0.3 is 11.9 Å². The number of carbonyl (C=O) groups excluding carboxylic acids is 3. The standard InChI is InChI=1S/C14H16ClNO5/c1-3-20-13(18)11(12(17)14(19)21-4-2)16-10-7-5-9(15)6-8-10/h5-8,11,16H,3-4H2,1-2H3. The number of ether oxygens (including phenoxy) is 2. The SMILES string of the molecule is CCOC(=O)C(=O)C(Nc1ccc(Cl)cc1)C(=O)OCC. The summed E-state index contributed by atoms with van der Waals surface area (Å²) in [7, 11) is 0. The van der Waals surface area contributed by atoms with Crippen LogP contribution < -0.4 is 5.32 Å². The Balaban J connectivity index is 2.91. The van der Waals surface area contributed by atoms with E-state index in [1.807, 2.05) is 0 Å². The van der Waals surface area contributed by atoms with Gasteiger partial charge < -0.3 is 14.8 Å². The van der Waals surface area contributed by atoms with E-state index in [9.17, 15) is 14.4 Å². The number of ketones is 1. The minimum atomic E-state index is -1.45. The van der Waals surface area contributed by atoms with E-state index < -0.39 is 23.8 Å². The van der Waals surface area contributed by atoms with Gasteiger partial charge in [-0.15, -0.1) is 0 Å². The lowest BCUT2D eigenvalue weighted by atomic mass is 10.1. The van der Waals surface area contributed by atoms with Crippen molar-refractivity contribution < 1.29 is 23.9 Å². The molecule has 1 N–H and O–H groups in total. The van der Waals surface area contributed by atoms with Crippen LogP contribution in [0.15, 0.2) is 24.3 Å². The van der Waals surface area contributed by atoms with Gasteiger partial charge in [0.05, 0.1) is 13.2 Å². The number of carbonyl (C=O) groups is 3. The summed E-state index contributed by atoms with van der Waals surface area (Å²) in [6.07, 6.45) is 0. The van der Waals surface area contributed by atoms with Crippen molar-refractivity contribution in [1.29, 1.82) is 0 Å². The summed E-state index contributed by atoms with van der Waals surface area (Å²) >= 11 is 5.75. The molecule has 1 rings (SSSR count). The average Bonchev–Trinajstić information content (AvgIpc) is 2.46. The van der Waals surface area contributed by atoms with E-state index in [1.165, 1.54) is 0 Å². The van der Waals surface area contributed by atoms with Crippen molar-refractivity contribution in [2.45, 2.75) is 19.9 Å². The monoisotopic (exact) mass is 313 g/mol. The van der Waals surface area contributed by atoms with E-state index in [-0.39, 0.29) is 13.2 Å². The Morgan fingerprint density at radius 1 is 1.10 bits per heavy atom. The summed E-state index contributed by atoms with van der Waals surface area (Å²) in [6, 6.07) is 4.87. The van der Waals surface area contributed by atoms with E-state index in [0.717, 1.165) is 0 Å². The number of benzene rings is 1. The largest absolute Gasteiger partial charge is 0.464 e. The Bertz CT molecular complexity index is 515. The molecule has 1 aromatic rings. The van der Waals surface area contributed by atoms with Crippen molar-refractivity contribution in [3.8, 4) is 0 Å². The summed E-state index contributed by atoms with van der Waals surface area (Å²) in [6.45, 7) is 3.30. The van der Waals surface area contributed by atoms with Crippen molar-refractivity contribution in [2.75, 3.05) is 18.5 Å². The molecule has 0 heterocycles. The number of hydrogen-bond donors (Lipinski definition) is 1. The molecule has 1 unspecified atom stereocenters. The molecule has 0 bridgehead atoms. The van der Waals surface area contributed by atoms with Gasteiger partial charge in [0.15, 0.2) is 6.04 Å². The second-order valence-electron chi connectivity index (χ2n) is 3.92.